The Morgan fingerprint density at radius 3 is 2.82 bits per heavy atom. The normalized spacial score (nSPS) is 28.6. The van der Waals surface area contributed by atoms with E-state index < -0.39 is 5.41 Å². The number of carbonyl (C=O) groups is 1. The van der Waals surface area contributed by atoms with Crippen LogP contribution in [0, 0.1) is 19.3 Å². The lowest BCUT2D eigenvalue weighted by Crippen LogP contribution is -2.45. The lowest BCUT2D eigenvalue weighted by Gasteiger charge is -2.24. The summed E-state index contributed by atoms with van der Waals surface area (Å²) >= 11 is 1.59. The molecule has 2 atom stereocenters. The molecule has 94 valence electrons. The van der Waals surface area contributed by atoms with E-state index in [1.54, 1.807) is 11.3 Å². The molecule has 1 aromatic rings. The number of hydrogen-bond acceptors (Lipinski definition) is 5. The van der Waals surface area contributed by atoms with Crippen LogP contribution in [-0.4, -0.2) is 30.0 Å². The highest BCUT2D eigenvalue weighted by molar-refractivity contribution is 7.11. The summed E-state index contributed by atoms with van der Waals surface area (Å²) in [4.78, 5) is 17.8. The van der Waals surface area contributed by atoms with Crippen molar-refractivity contribution >= 4 is 17.1 Å². The molecule has 0 saturated carbocycles. The summed E-state index contributed by atoms with van der Waals surface area (Å²) in [7, 11) is 0. The van der Waals surface area contributed by atoms with Gasteiger partial charge in [-0.1, -0.05) is 0 Å². The highest BCUT2D eigenvalue weighted by atomic mass is 32.1. The number of thiazole rings is 1. The van der Waals surface area contributed by atoms with Crippen molar-refractivity contribution in [1.82, 2.24) is 4.98 Å². The molecule has 1 aromatic heterocycles. The molecule has 2 N–H and O–H groups in total. The minimum absolute atomic E-state index is 0.135. The smallest absolute Gasteiger partial charge is 0.149 e. The molecule has 1 aliphatic heterocycles. The van der Waals surface area contributed by atoms with Crippen LogP contribution in [0.15, 0.2) is 0 Å². The summed E-state index contributed by atoms with van der Waals surface area (Å²) in [5.41, 5.74) is 6.40. The summed E-state index contributed by atoms with van der Waals surface area (Å²) < 4.78 is 5.30. The largest absolute Gasteiger partial charge is 0.379 e. The van der Waals surface area contributed by atoms with Crippen LogP contribution in [0.5, 0.6) is 0 Å². The quantitative estimate of drug-likeness (QED) is 0.881. The zero-order valence-electron chi connectivity index (χ0n) is 10.4. The Morgan fingerprint density at radius 2 is 2.35 bits per heavy atom. The summed E-state index contributed by atoms with van der Waals surface area (Å²) in [6, 6.07) is -0.197. The van der Waals surface area contributed by atoms with Crippen molar-refractivity contribution in [2.75, 3.05) is 13.2 Å². The number of rotatable bonds is 3. The van der Waals surface area contributed by atoms with Crippen molar-refractivity contribution < 1.29 is 9.53 Å². The van der Waals surface area contributed by atoms with Gasteiger partial charge in [-0.3, -0.25) is 4.79 Å². The molecule has 2 rings (SSSR count). The van der Waals surface area contributed by atoms with Crippen molar-refractivity contribution in [2.45, 2.75) is 33.2 Å². The lowest BCUT2D eigenvalue weighted by atomic mass is 9.80. The van der Waals surface area contributed by atoms with Crippen molar-refractivity contribution in [1.29, 1.82) is 0 Å². The van der Waals surface area contributed by atoms with Crippen LogP contribution in [0.25, 0.3) is 0 Å². The Balaban J connectivity index is 2.11. The Labute approximate surface area is 105 Å². The fourth-order valence-corrected chi connectivity index (χ4v) is 2.86. The summed E-state index contributed by atoms with van der Waals surface area (Å²) in [6.45, 7) is 6.77. The third kappa shape index (κ3) is 2.27. The Morgan fingerprint density at radius 1 is 1.65 bits per heavy atom. The van der Waals surface area contributed by atoms with Crippen LogP contribution < -0.4 is 5.73 Å². The zero-order valence-corrected chi connectivity index (χ0v) is 11.3. The van der Waals surface area contributed by atoms with Gasteiger partial charge in [0.2, 0.25) is 0 Å². The fourth-order valence-electron chi connectivity index (χ4n) is 1.93. The SMILES string of the molecule is Cc1nc(CC(=O)C2(C)COCC2N)sc1C. The van der Waals surface area contributed by atoms with Gasteiger partial charge in [-0.25, -0.2) is 4.98 Å². The van der Waals surface area contributed by atoms with Crippen molar-refractivity contribution in [3.05, 3.63) is 15.6 Å². The monoisotopic (exact) mass is 254 g/mol. The van der Waals surface area contributed by atoms with Crippen molar-refractivity contribution in [3.8, 4) is 0 Å². The van der Waals surface area contributed by atoms with Crippen LogP contribution in [0.2, 0.25) is 0 Å². The second kappa shape index (κ2) is 4.48. The van der Waals surface area contributed by atoms with E-state index >= 15 is 0 Å². The maximum absolute atomic E-state index is 12.3. The minimum Gasteiger partial charge on any atom is -0.379 e. The molecule has 5 heteroatoms. The van der Waals surface area contributed by atoms with E-state index in [1.807, 2.05) is 20.8 Å². The van der Waals surface area contributed by atoms with E-state index in [9.17, 15) is 4.79 Å². The molecule has 1 fully saturated rings. The predicted octanol–water partition coefficient (Wildman–Crippen LogP) is 1.24. The number of nitrogens with two attached hydrogens (primary N) is 1. The standard InChI is InChI=1S/C12H18N2O2S/c1-7-8(2)17-11(14-7)4-10(15)12(3)6-16-5-9(12)13/h9H,4-6,13H2,1-3H3. The number of aromatic nitrogens is 1. The lowest BCUT2D eigenvalue weighted by molar-refractivity contribution is -0.127. The second-order valence-electron chi connectivity index (χ2n) is 4.89. The van der Waals surface area contributed by atoms with Gasteiger partial charge in [0.05, 0.1) is 30.7 Å². The van der Waals surface area contributed by atoms with E-state index in [0.29, 0.717) is 19.6 Å². The van der Waals surface area contributed by atoms with Crippen LogP contribution >= 0.6 is 11.3 Å². The third-order valence-corrected chi connectivity index (χ3v) is 4.61. The number of ether oxygens (including phenoxy) is 1. The summed E-state index contributed by atoms with van der Waals surface area (Å²) in [5.74, 6) is 0.135. The average molecular weight is 254 g/mol. The van der Waals surface area contributed by atoms with Crippen LogP contribution in [0.3, 0.4) is 0 Å². The van der Waals surface area contributed by atoms with Gasteiger partial charge in [0.1, 0.15) is 10.8 Å². The van der Waals surface area contributed by atoms with Crippen molar-refractivity contribution in [2.24, 2.45) is 11.1 Å². The first-order chi connectivity index (χ1) is 7.93. The molecule has 0 aliphatic carbocycles. The van der Waals surface area contributed by atoms with Gasteiger partial charge in [0.25, 0.3) is 0 Å². The van der Waals surface area contributed by atoms with E-state index in [4.69, 9.17) is 10.5 Å². The number of nitrogens with zero attached hydrogens (tertiary/aromatic N) is 1. The number of Topliss-reactive ketones (excluding diaryl/α,β-unsaturated/α-hetero) is 1. The number of hydrogen-bond donors (Lipinski definition) is 1. The molecule has 2 heterocycles. The summed E-state index contributed by atoms with van der Waals surface area (Å²) in [5, 5.41) is 0.880. The minimum atomic E-state index is -0.548. The Bertz CT molecular complexity index is 424. The molecule has 0 bridgehead atoms. The average Bonchev–Trinajstić information content (AvgIpc) is 2.74. The van der Waals surface area contributed by atoms with Crippen LogP contribution in [0.4, 0.5) is 0 Å². The third-order valence-electron chi connectivity index (χ3n) is 3.54. The van der Waals surface area contributed by atoms with Crippen LogP contribution in [0.1, 0.15) is 22.5 Å². The first-order valence-electron chi connectivity index (χ1n) is 5.73. The molecule has 0 aromatic carbocycles. The first-order valence-corrected chi connectivity index (χ1v) is 6.54. The molecular weight excluding hydrogens is 236 g/mol. The molecule has 2 unspecified atom stereocenters. The highest BCUT2D eigenvalue weighted by Crippen LogP contribution is 2.30. The van der Waals surface area contributed by atoms with Gasteiger partial charge in [0, 0.05) is 10.9 Å². The topological polar surface area (TPSA) is 65.2 Å². The van der Waals surface area contributed by atoms with Gasteiger partial charge in [-0.05, 0) is 20.8 Å². The molecular formula is C12H18N2O2S. The van der Waals surface area contributed by atoms with E-state index in [-0.39, 0.29) is 11.8 Å². The van der Waals surface area contributed by atoms with Gasteiger partial charge in [-0.2, -0.15) is 0 Å². The van der Waals surface area contributed by atoms with E-state index in [1.165, 1.54) is 4.88 Å². The molecule has 17 heavy (non-hydrogen) atoms. The van der Waals surface area contributed by atoms with E-state index in [2.05, 4.69) is 4.98 Å². The van der Waals surface area contributed by atoms with Gasteiger partial charge in [-0.15, -0.1) is 11.3 Å². The second-order valence-corrected chi connectivity index (χ2v) is 6.18. The molecule has 4 nitrogen and oxygen atoms in total. The molecule has 0 spiro atoms. The Hall–Kier alpha value is -0.780. The zero-order chi connectivity index (χ0) is 12.6. The first kappa shape index (κ1) is 12.7. The molecule has 1 saturated heterocycles. The van der Waals surface area contributed by atoms with Gasteiger partial charge in [0.15, 0.2) is 0 Å². The molecule has 0 radical (unpaired) electrons. The summed E-state index contributed by atoms with van der Waals surface area (Å²) in [6.07, 6.45) is 0.368. The molecule has 0 amide bonds. The van der Waals surface area contributed by atoms with Gasteiger partial charge >= 0.3 is 0 Å². The van der Waals surface area contributed by atoms with Crippen LogP contribution in [-0.2, 0) is 16.0 Å². The number of ketones is 1. The highest BCUT2D eigenvalue weighted by Gasteiger charge is 2.43. The predicted molar refractivity (Wildman–Crippen MR) is 67.2 cm³/mol. The maximum atomic E-state index is 12.3. The molecule has 1 aliphatic rings. The fraction of sp³-hybridized carbons (Fsp3) is 0.667. The number of carbonyl (C=O) groups excluding carboxylic acids is 1. The maximum Gasteiger partial charge on any atom is 0.149 e. The van der Waals surface area contributed by atoms with Gasteiger partial charge < -0.3 is 10.5 Å². The number of aryl methyl sites for hydroxylation is 2. The van der Waals surface area contributed by atoms with E-state index in [0.717, 1.165) is 10.7 Å². The van der Waals surface area contributed by atoms with Crippen molar-refractivity contribution in [3.63, 3.8) is 0 Å². The Kier molecular flexibility index (Phi) is 3.34.